The largest absolute Gasteiger partial charge is 0.493 e. The number of hydrogen-bond acceptors (Lipinski definition) is 7. The zero-order valence-corrected chi connectivity index (χ0v) is 15.4. The van der Waals surface area contributed by atoms with Crippen molar-refractivity contribution in [3.63, 3.8) is 0 Å². The van der Waals surface area contributed by atoms with Crippen LogP contribution in [0.1, 0.15) is 36.5 Å². The van der Waals surface area contributed by atoms with Crippen LogP contribution < -0.4 is 9.47 Å². The zero-order valence-electron chi connectivity index (χ0n) is 13.8. The van der Waals surface area contributed by atoms with Crippen molar-refractivity contribution < 1.29 is 19.0 Å². The van der Waals surface area contributed by atoms with Crippen molar-refractivity contribution in [2.24, 2.45) is 0 Å². The summed E-state index contributed by atoms with van der Waals surface area (Å²) in [6, 6.07) is 3.21. The number of rotatable bonds is 8. The molecule has 1 aromatic carbocycles. The van der Waals surface area contributed by atoms with Gasteiger partial charge in [-0.25, -0.2) is 9.48 Å². The summed E-state index contributed by atoms with van der Waals surface area (Å²) in [5, 5.41) is 11.3. The van der Waals surface area contributed by atoms with E-state index in [9.17, 15) is 4.79 Å². The smallest absolute Gasteiger partial charge is 0.338 e. The summed E-state index contributed by atoms with van der Waals surface area (Å²) >= 11 is 3.38. The van der Waals surface area contributed by atoms with Crippen molar-refractivity contribution in [1.29, 1.82) is 0 Å². The molecule has 8 nitrogen and oxygen atoms in total. The second-order valence-electron chi connectivity index (χ2n) is 4.82. The molecule has 24 heavy (non-hydrogen) atoms. The van der Waals surface area contributed by atoms with Crippen molar-refractivity contribution in [1.82, 2.24) is 20.2 Å². The number of aryl methyl sites for hydroxylation is 1. The Bertz CT molecular complexity index is 705. The van der Waals surface area contributed by atoms with Gasteiger partial charge in [-0.05, 0) is 51.8 Å². The molecule has 0 aliphatic heterocycles. The number of ether oxygens (including phenoxy) is 3. The van der Waals surface area contributed by atoms with E-state index in [-0.39, 0.29) is 6.61 Å². The Balaban J connectivity index is 2.12. The molecule has 0 radical (unpaired) electrons. The fourth-order valence-electron chi connectivity index (χ4n) is 2.05. The Hall–Kier alpha value is -2.16. The fraction of sp³-hybridized carbons (Fsp3) is 0.467. The van der Waals surface area contributed by atoms with Crippen molar-refractivity contribution in [3.8, 4) is 11.5 Å². The summed E-state index contributed by atoms with van der Waals surface area (Å²) in [7, 11) is 1.51. The van der Waals surface area contributed by atoms with Crippen LogP contribution in [0, 0.1) is 0 Å². The summed E-state index contributed by atoms with van der Waals surface area (Å²) < 4.78 is 18.3. The van der Waals surface area contributed by atoms with Crippen LogP contribution in [-0.2, 0) is 17.9 Å². The van der Waals surface area contributed by atoms with Crippen molar-refractivity contribution in [3.05, 3.63) is 28.0 Å². The van der Waals surface area contributed by atoms with Gasteiger partial charge in [0.2, 0.25) is 0 Å². The molecule has 0 spiro atoms. The summed E-state index contributed by atoms with van der Waals surface area (Å²) in [5.74, 6) is 1.00. The number of hydrogen-bond donors (Lipinski definition) is 0. The van der Waals surface area contributed by atoms with Crippen LogP contribution in [0.4, 0.5) is 0 Å². The SMILES string of the molecule is CCCn1nnnc1COC(=O)c1cc(Br)c(OCC)c(OC)c1. The van der Waals surface area contributed by atoms with E-state index in [2.05, 4.69) is 31.5 Å². The molecule has 0 bridgehead atoms. The number of tetrazole rings is 1. The zero-order chi connectivity index (χ0) is 17.5. The Kier molecular flexibility index (Phi) is 6.53. The number of benzene rings is 1. The molecule has 1 aromatic heterocycles. The number of methoxy groups -OCH3 is 1. The van der Waals surface area contributed by atoms with Crippen LogP contribution in [0.2, 0.25) is 0 Å². The molecule has 2 aromatic rings. The maximum Gasteiger partial charge on any atom is 0.338 e. The van der Waals surface area contributed by atoms with Crippen LogP contribution in [0.3, 0.4) is 0 Å². The topological polar surface area (TPSA) is 88.4 Å². The first-order valence-electron chi connectivity index (χ1n) is 7.53. The molecule has 0 saturated heterocycles. The van der Waals surface area contributed by atoms with Crippen molar-refractivity contribution in [2.75, 3.05) is 13.7 Å². The Morgan fingerprint density at radius 3 is 2.79 bits per heavy atom. The third-order valence-electron chi connectivity index (χ3n) is 3.13. The standard InChI is InChI=1S/C15H19BrN4O4/c1-4-6-20-13(17-18-19-20)9-24-15(21)10-7-11(16)14(23-5-2)12(8-10)22-3/h7-8H,4-6,9H2,1-3H3. The van der Waals surface area contributed by atoms with E-state index < -0.39 is 5.97 Å². The summed E-state index contributed by atoms with van der Waals surface area (Å²) in [6.45, 7) is 5.04. The van der Waals surface area contributed by atoms with Crippen LogP contribution >= 0.6 is 15.9 Å². The van der Waals surface area contributed by atoms with Gasteiger partial charge >= 0.3 is 5.97 Å². The molecule has 2 rings (SSSR count). The van der Waals surface area contributed by atoms with Gasteiger partial charge in [-0.2, -0.15) is 0 Å². The van der Waals surface area contributed by atoms with Gasteiger partial charge in [-0.1, -0.05) is 6.92 Å². The third kappa shape index (κ3) is 4.22. The molecule has 0 fully saturated rings. The summed E-state index contributed by atoms with van der Waals surface area (Å²) in [6.07, 6.45) is 0.884. The second-order valence-corrected chi connectivity index (χ2v) is 5.67. The number of aromatic nitrogens is 4. The first-order valence-corrected chi connectivity index (χ1v) is 8.32. The van der Waals surface area contributed by atoms with E-state index >= 15 is 0 Å². The molecule has 0 saturated carbocycles. The van der Waals surface area contributed by atoms with E-state index in [4.69, 9.17) is 14.2 Å². The van der Waals surface area contributed by atoms with Gasteiger partial charge in [-0.15, -0.1) is 5.10 Å². The molecule has 0 atom stereocenters. The van der Waals surface area contributed by atoms with Gasteiger partial charge in [-0.3, -0.25) is 0 Å². The predicted octanol–water partition coefficient (Wildman–Crippen LogP) is 2.61. The minimum atomic E-state index is -0.497. The normalized spacial score (nSPS) is 10.5. The lowest BCUT2D eigenvalue weighted by atomic mass is 10.2. The molecule has 0 amide bonds. The first-order chi connectivity index (χ1) is 11.6. The van der Waals surface area contributed by atoms with Crippen LogP contribution in [0.15, 0.2) is 16.6 Å². The van der Waals surface area contributed by atoms with Gasteiger partial charge in [0.1, 0.15) is 0 Å². The minimum Gasteiger partial charge on any atom is -0.493 e. The number of nitrogens with zero attached hydrogens (tertiary/aromatic N) is 4. The van der Waals surface area contributed by atoms with E-state index in [1.807, 2.05) is 13.8 Å². The van der Waals surface area contributed by atoms with Crippen LogP contribution in [-0.4, -0.2) is 39.9 Å². The van der Waals surface area contributed by atoms with Crippen LogP contribution in [0.5, 0.6) is 11.5 Å². The molecule has 0 aliphatic rings. The minimum absolute atomic E-state index is 0.00101. The highest BCUT2D eigenvalue weighted by Gasteiger charge is 2.17. The lowest BCUT2D eigenvalue weighted by Gasteiger charge is -2.13. The van der Waals surface area contributed by atoms with Crippen molar-refractivity contribution in [2.45, 2.75) is 33.4 Å². The Morgan fingerprint density at radius 2 is 2.12 bits per heavy atom. The molecule has 0 N–H and O–H groups in total. The third-order valence-corrected chi connectivity index (χ3v) is 3.72. The molecule has 0 aliphatic carbocycles. The van der Waals surface area contributed by atoms with Gasteiger partial charge in [0.15, 0.2) is 23.9 Å². The van der Waals surface area contributed by atoms with Crippen molar-refractivity contribution >= 4 is 21.9 Å². The van der Waals surface area contributed by atoms with Gasteiger partial charge < -0.3 is 14.2 Å². The Morgan fingerprint density at radius 1 is 1.33 bits per heavy atom. The maximum absolute atomic E-state index is 12.3. The molecular weight excluding hydrogens is 380 g/mol. The number of esters is 1. The molecule has 9 heteroatoms. The van der Waals surface area contributed by atoms with Gasteiger partial charge in [0.05, 0.1) is 23.8 Å². The van der Waals surface area contributed by atoms with Gasteiger partial charge in [0.25, 0.3) is 0 Å². The highest BCUT2D eigenvalue weighted by atomic mass is 79.9. The number of carbonyl (C=O) groups is 1. The number of halogens is 1. The fourth-order valence-corrected chi connectivity index (χ4v) is 2.60. The lowest BCUT2D eigenvalue weighted by molar-refractivity contribution is 0.0456. The maximum atomic E-state index is 12.3. The highest BCUT2D eigenvalue weighted by Crippen LogP contribution is 2.36. The summed E-state index contributed by atoms with van der Waals surface area (Å²) in [4.78, 5) is 12.3. The van der Waals surface area contributed by atoms with E-state index in [0.29, 0.717) is 40.5 Å². The van der Waals surface area contributed by atoms with Crippen LogP contribution in [0.25, 0.3) is 0 Å². The van der Waals surface area contributed by atoms with Gasteiger partial charge in [0, 0.05) is 6.54 Å². The second kappa shape index (κ2) is 8.62. The first kappa shape index (κ1) is 18.2. The monoisotopic (exact) mass is 398 g/mol. The summed E-state index contributed by atoms with van der Waals surface area (Å²) in [5.41, 5.74) is 0.344. The average molecular weight is 399 g/mol. The van der Waals surface area contributed by atoms with E-state index in [1.165, 1.54) is 7.11 Å². The lowest BCUT2D eigenvalue weighted by Crippen LogP contribution is -2.11. The average Bonchev–Trinajstić information content (AvgIpc) is 3.02. The molecule has 1 heterocycles. The number of carbonyl (C=O) groups excluding carboxylic acids is 1. The molecule has 130 valence electrons. The van der Waals surface area contributed by atoms with E-state index in [0.717, 1.165) is 6.42 Å². The predicted molar refractivity (Wildman–Crippen MR) is 89.1 cm³/mol. The molecule has 0 unspecified atom stereocenters. The highest BCUT2D eigenvalue weighted by molar-refractivity contribution is 9.10. The van der Waals surface area contributed by atoms with E-state index in [1.54, 1.807) is 16.8 Å². The quantitative estimate of drug-likeness (QED) is 0.631. The molecular formula is C15H19BrN4O4. The Labute approximate surface area is 148 Å².